The fourth-order valence-electron chi connectivity index (χ4n) is 2.14. The molecule has 1 heterocycles. The maximum absolute atomic E-state index is 12.3. The number of amides is 2. The fraction of sp³-hybridized carbons (Fsp3) is 0.467. The smallest absolute Gasteiger partial charge is 0.321 e. The molecule has 0 aliphatic carbocycles. The Morgan fingerprint density at radius 2 is 2.18 bits per heavy atom. The van der Waals surface area contributed by atoms with Gasteiger partial charge in [-0.2, -0.15) is 4.68 Å². The molecule has 0 atom stereocenters. The number of urea groups is 1. The lowest BCUT2D eigenvalue weighted by Gasteiger charge is -2.21. The van der Waals surface area contributed by atoms with E-state index in [2.05, 4.69) is 27.8 Å². The van der Waals surface area contributed by atoms with Gasteiger partial charge in [-0.25, -0.2) is 4.79 Å². The molecule has 0 bridgehead atoms. The molecule has 7 heteroatoms. The lowest BCUT2D eigenvalue weighted by Crippen LogP contribution is -2.35. The van der Waals surface area contributed by atoms with Crippen LogP contribution < -0.4 is 5.32 Å². The molecule has 2 rings (SSSR count). The molecule has 0 spiro atoms. The van der Waals surface area contributed by atoms with Gasteiger partial charge in [0.1, 0.15) is 0 Å². The molecule has 2 amide bonds. The van der Waals surface area contributed by atoms with Crippen molar-refractivity contribution in [2.24, 2.45) is 0 Å². The Labute approximate surface area is 130 Å². The van der Waals surface area contributed by atoms with Crippen LogP contribution in [0.25, 0.3) is 5.69 Å². The second-order valence-corrected chi connectivity index (χ2v) is 5.05. The van der Waals surface area contributed by atoms with Crippen LogP contribution in [0.5, 0.6) is 0 Å². The van der Waals surface area contributed by atoms with Crippen LogP contribution in [0, 0.1) is 6.92 Å². The topological polar surface area (TPSA) is 75.9 Å². The number of tetrazole rings is 1. The molecule has 0 radical (unpaired) electrons. The van der Waals surface area contributed by atoms with E-state index in [-0.39, 0.29) is 6.03 Å². The van der Waals surface area contributed by atoms with Gasteiger partial charge >= 0.3 is 6.03 Å². The van der Waals surface area contributed by atoms with Gasteiger partial charge in [-0.15, -0.1) is 5.10 Å². The summed E-state index contributed by atoms with van der Waals surface area (Å²) in [5.74, 6) is 0.696. The first-order valence-corrected chi connectivity index (χ1v) is 7.57. The molecular weight excluding hydrogens is 280 g/mol. The highest BCUT2D eigenvalue weighted by molar-refractivity contribution is 5.89. The zero-order chi connectivity index (χ0) is 15.9. The van der Waals surface area contributed by atoms with Crippen molar-refractivity contribution in [3.63, 3.8) is 0 Å². The summed E-state index contributed by atoms with van der Waals surface area (Å²) in [6, 6.07) is 7.40. The fourth-order valence-corrected chi connectivity index (χ4v) is 2.14. The zero-order valence-electron chi connectivity index (χ0n) is 13.3. The van der Waals surface area contributed by atoms with Crippen molar-refractivity contribution in [3.05, 3.63) is 30.1 Å². The van der Waals surface area contributed by atoms with Crippen molar-refractivity contribution >= 4 is 11.7 Å². The average Bonchev–Trinajstić information content (AvgIpc) is 2.94. The molecule has 118 valence electrons. The second-order valence-electron chi connectivity index (χ2n) is 5.05. The Hall–Kier alpha value is -2.44. The van der Waals surface area contributed by atoms with Gasteiger partial charge in [0, 0.05) is 18.8 Å². The van der Waals surface area contributed by atoms with Gasteiger partial charge in [-0.3, -0.25) is 0 Å². The molecule has 1 N–H and O–H groups in total. The number of rotatable bonds is 6. The second kappa shape index (κ2) is 7.53. The minimum Gasteiger partial charge on any atom is -0.325 e. The van der Waals surface area contributed by atoms with Gasteiger partial charge in [-0.05, 0) is 48.9 Å². The van der Waals surface area contributed by atoms with Crippen molar-refractivity contribution in [1.29, 1.82) is 0 Å². The number of hydrogen-bond donors (Lipinski definition) is 1. The normalized spacial score (nSPS) is 10.5. The van der Waals surface area contributed by atoms with Crippen LogP contribution in [0.1, 0.15) is 32.5 Å². The van der Waals surface area contributed by atoms with E-state index in [0.29, 0.717) is 12.4 Å². The summed E-state index contributed by atoms with van der Waals surface area (Å²) in [5, 5.41) is 14.4. The number of unbranched alkanes of at least 4 members (excludes halogenated alkanes) is 1. The summed E-state index contributed by atoms with van der Waals surface area (Å²) in [5.41, 5.74) is 1.55. The van der Waals surface area contributed by atoms with Crippen LogP contribution in [-0.4, -0.2) is 44.2 Å². The SMILES string of the molecule is CCCCN(CC)C(=O)Nc1cccc(-n2nnnc2C)c1. The van der Waals surface area contributed by atoms with E-state index in [1.807, 2.05) is 38.1 Å². The Kier molecular flexibility index (Phi) is 5.46. The molecule has 7 nitrogen and oxygen atoms in total. The van der Waals surface area contributed by atoms with E-state index in [1.54, 1.807) is 9.58 Å². The van der Waals surface area contributed by atoms with E-state index in [0.717, 1.165) is 30.8 Å². The van der Waals surface area contributed by atoms with Crippen LogP contribution in [0.2, 0.25) is 0 Å². The highest BCUT2D eigenvalue weighted by atomic mass is 16.2. The van der Waals surface area contributed by atoms with Gasteiger partial charge < -0.3 is 10.2 Å². The summed E-state index contributed by atoms with van der Waals surface area (Å²) >= 11 is 0. The number of nitrogens with zero attached hydrogens (tertiary/aromatic N) is 5. The number of carbonyl (C=O) groups excluding carboxylic acids is 1. The van der Waals surface area contributed by atoms with Crippen LogP contribution in [-0.2, 0) is 0 Å². The van der Waals surface area contributed by atoms with Gasteiger partial charge in [0.15, 0.2) is 5.82 Å². The first-order valence-electron chi connectivity index (χ1n) is 7.57. The molecule has 0 saturated carbocycles. The summed E-state index contributed by atoms with van der Waals surface area (Å²) in [6.07, 6.45) is 2.07. The number of anilines is 1. The van der Waals surface area contributed by atoms with Crippen LogP contribution >= 0.6 is 0 Å². The quantitative estimate of drug-likeness (QED) is 0.890. The van der Waals surface area contributed by atoms with Crippen molar-refractivity contribution in [3.8, 4) is 5.69 Å². The minimum atomic E-state index is -0.0819. The monoisotopic (exact) mass is 302 g/mol. The lowest BCUT2D eigenvalue weighted by atomic mass is 10.2. The number of benzene rings is 1. The maximum atomic E-state index is 12.3. The molecule has 2 aromatic rings. The van der Waals surface area contributed by atoms with E-state index < -0.39 is 0 Å². The van der Waals surface area contributed by atoms with E-state index in [9.17, 15) is 4.79 Å². The Bertz CT molecular complexity index is 624. The van der Waals surface area contributed by atoms with Crippen LogP contribution in [0.15, 0.2) is 24.3 Å². The first-order chi connectivity index (χ1) is 10.7. The van der Waals surface area contributed by atoms with Gasteiger partial charge in [0.05, 0.1) is 5.69 Å². The van der Waals surface area contributed by atoms with E-state index in [4.69, 9.17) is 0 Å². The van der Waals surface area contributed by atoms with Crippen molar-refractivity contribution in [1.82, 2.24) is 25.1 Å². The van der Waals surface area contributed by atoms with Crippen molar-refractivity contribution < 1.29 is 4.79 Å². The molecule has 0 aliphatic rings. The van der Waals surface area contributed by atoms with Crippen molar-refractivity contribution in [2.75, 3.05) is 18.4 Å². The summed E-state index contributed by atoms with van der Waals surface area (Å²) < 4.78 is 1.63. The minimum absolute atomic E-state index is 0.0819. The standard InChI is InChI=1S/C15H22N6O/c1-4-6-10-20(5-2)15(22)16-13-8-7-9-14(11-13)21-12(3)17-18-19-21/h7-9,11H,4-6,10H2,1-3H3,(H,16,22). The summed E-state index contributed by atoms with van der Waals surface area (Å²) in [7, 11) is 0. The third-order valence-corrected chi connectivity index (χ3v) is 3.42. The van der Waals surface area contributed by atoms with Gasteiger partial charge in [0.2, 0.25) is 0 Å². The van der Waals surface area contributed by atoms with E-state index in [1.165, 1.54) is 0 Å². The number of carbonyl (C=O) groups is 1. The lowest BCUT2D eigenvalue weighted by molar-refractivity contribution is 0.213. The molecule has 1 aromatic heterocycles. The highest BCUT2D eigenvalue weighted by Crippen LogP contribution is 2.15. The summed E-state index contributed by atoms with van der Waals surface area (Å²) in [4.78, 5) is 14.1. The van der Waals surface area contributed by atoms with Gasteiger partial charge in [-0.1, -0.05) is 19.4 Å². The third kappa shape index (κ3) is 3.81. The Morgan fingerprint density at radius 3 is 2.82 bits per heavy atom. The Balaban J connectivity index is 2.10. The molecule has 0 unspecified atom stereocenters. The molecule has 0 saturated heterocycles. The largest absolute Gasteiger partial charge is 0.325 e. The maximum Gasteiger partial charge on any atom is 0.321 e. The predicted molar refractivity (Wildman–Crippen MR) is 85.1 cm³/mol. The number of aryl methyl sites for hydroxylation is 1. The summed E-state index contributed by atoms with van der Waals surface area (Å²) in [6.45, 7) is 7.39. The highest BCUT2D eigenvalue weighted by Gasteiger charge is 2.11. The molecular formula is C15H22N6O. The molecule has 22 heavy (non-hydrogen) atoms. The first kappa shape index (κ1) is 15.9. The van der Waals surface area contributed by atoms with Crippen LogP contribution in [0.4, 0.5) is 10.5 Å². The number of hydrogen-bond acceptors (Lipinski definition) is 4. The Morgan fingerprint density at radius 1 is 1.36 bits per heavy atom. The van der Waals surface area contributed by atoms with Crippen LogP contribution in [0.3, 0.4) is 0 Å². The third-order valence-electron chi connectivity index (χ3n) is 3.42. The molecule has 0 aliphatic heterocycles. The van der Waals surface area contributed by atoms with Gasteiger partial charge in [0.25, 0.3) is 0 Å². The zero-order valence-corrected chi connectivity index (χ0v) is 13.3. The molecule has 1 aromatic carbocycles. The van der Waals surface area contributed by atoms with Crippen molar-refractivity contribution in [2.45, 2.75) is 33.6 Å². The predicted octanol–water partition coefficient (Wildman–Crippen LogP) is 2.62. The number of aromatic nitrogens is 4. The average molecular weight is 302 g/mol. The molecule has 0 fully saturated rings. The van der Waals surface area contributed by atoms with E-state index >= 15 is 0 Å². The number of nitrogens with one attached hydrogen (secondary N) is 1.